The third-order valence-corrected chi connectivity index (χ3v) is 6.21. The molecular weight excluding hydrogens is 384 g/mol. The molecule has 4 rings (SSSR count). The number of amides is 1. The molecule has 1 saturated heterocycles. The quantitative estimate of drug-likeness (QED) is 0.591. The van der Waals surface area contributed by atoms with Crippen molar-refractivity contribution in [1.82, 2.24) is 9.88 Å². The van der Waals surface area contributed by atoms with Gasteiger partial charge in [-0.05, 0) is 30.5 Å². The zero-order valence-electron chi connectivity index (χ0n) is 16.6. The minimum atomic E-state index is 0.0644. The van der Waals surface area contributed by atoms with Crippen LogP contribution in [-0.2, 0) is 11.2 Å². The Kier molecular flexibility index (Phi) is 5.81. The third-order valence-electron chi connectivity index (χ3n) is 5.27. The number of likely N-dealkylation sites (tertiary alicyclic amines) is 1. The number of hydrogen-bond donors (Lipinski definition) is 0. The van der Waals surface area contributed by atoms with Gasteiger partial charge in [-0.15, -0.1) is 11.3 Å². The predicted octanol–water partition coefficient (Wildman–Crippen LogP) is 4.73. The van der Waals surface area contributed by atoms with Gasteiger partial charge in [-0.2, -0.15) is 0 Å². The van der Waals surface area contributed by atoms with Crippen LogP contribution in [0.25, 0.3) is 10.6 Å². The van der Waals surface area contributed by atoms with Crippen LogP contribution in [0.1, 0.15) is 30.1 Å². The minimum absolute atomic E-state index is 0.0644. The van der Waals surface area contributed by atoms with Crippen molar-refractivity contribution in [1.29, 1.82) is 0 Å². The van der Waals surface area contributed by atoms with Crippen LogP contribution in [0.15, 0.2) is 53.9 Å². The molecule has 150 valence electrons. The predicted molar refractivity (Wildman–Crippen MR) is 114 cm³/mol. The number of nitrogens with zero attached hydrogens (tertiary/aromatic N) is 2. The lowest BCUT2D eigenvalue weighted by molar-refractivity contribution is -0.131. The summed E-state index contributed by atoms with van der Waals surface area (Å²) in [6, 6.07) is 16.0. The van der Waals surface area contributed by atoms with Crippen LogP contribution >= 0.6 is 11.3 Å². The number of aromatic nitrogens is 1. The van der Waals surface area contributed by atoms with Crippen LogP contribution < -0.4 is 9.47 Å². The van der Waals surface area contributed by atoms with Gasteiger partial charge in [0.15, 0.2) is 11.5 Å². The maximum Gasteiger partial charge on any atom is 0.229 e. The molecule has 0 aliphatic carbocycles. The van der Waals surface area contributed by atoms with E-state index in [-0.39, 0.29) is 11.9 Å². The highest BCUT2D eigenvalue weighted by Crippen LogP contribution is 2.37. The third kappa shape index (κ3) is 4.12. The summed E-state index contributed by atoms with van der Waals surface area (Å²) in [5, 5.41) is 2.94. The summed E-state index contributed by atoms with van der Waals surface area (Å²) in [6.07, 6.45) is 2.28. The van der Waals surface area contributed by atoms with E-state index >= 15 is 0 Å². The minimum Gasteiger partial charge on any atom is -0.493 e. The molecule has 0 spiro atoms. The Balaban J connectivity index is 1.49. The number of carbonyl (C=O) groups is 1. The van der Waals surface area contributed by atoms with Crippen LogP contribution in [-0.4, -0.2) is 36.6 Å². The second-order valence-electron chi connectivity index (χ2n) is 7.05. The van der Waals surface area contributed by atoms with Gasteiger partial charge in [-0.25, -0.2) is 4.98 Å². The number of ether oxygens (including phenoxy) is 2. The fourth-order valence-corrected chi connectivity index (χ4v) is 4.66. The first-order valence-electron chi connectivity index (χ1n) is 9.71. The van der Waals surface area contributed by atoms with Crippen molar-refractivity contribution >= 4 is 17.2 Å². The molecule has 5 nitrogen and oxygen atoms in total. The van der Waals surface area contributed by atoms with E-state index in [1.54, 1.807) is 25.6 Å². The Labute approximate surface area is 174 Å². The molecule has 1 aliphatic heterocycles. The van der Waals surface area contributed by atoms with E-state index in [9.17, 15) is 4.79 Å². The Morgan fingerprint density at radius 3 is 2.69 bits per heavy atom. The topological polar surface area (TPSA) is 51.7 Å². The molecule has 6 heteroatoms. The summed E-state index contributed by atoms with van der Waals surface area (Å²) in [7, 11) is 3.26. The summed E-state index contributed by atoms with van der Waals surface area (Å²) >= 11 is 1.58. The van der Waals surface area contributed by atoms with Crippen molar-refractivity contribution in [3.8, 4) is 22.1 Å². The normalized spacial score (nSPS) is 16.1. The average Bonchev–Trinajstić information content (AvgIpc) is 3.43. The summed E-state index contributed by atoms with van der Waals surface area (Å²) in [6.45, 7) is 0.771. The van der Waals surface area contributed by atoms with E-state index < -0.39 is 0 Å². The lowest BCUT2D eigenvalue weighted by Gasteiger charge is -2.25. The van der Waals surface area contributed by atoms with E-state index in [4.69, 9.17) is 9.47 Å². The first-order chi connectivity index (χ1) is 14.2. The maximum atomic E-state index is 13.1. The molecule has 2 aromatic carbocycles. The molecule has 29 heavy (non-hydrogen) atoms. The highest BCUT2D eigenvalue weighted by atomic mass is 32.1. The van der Waals surface area contributed by atoms with Gasteiger partial charge in [-0.1, -0.05) is 36.4 Å². The van der Waals surface area contributed by atoms with E-state index in [0.717, 1.165) is 41.2 Å². The molecule has 2 heterocycles. The molecular formula is C23H24N2O3S. The standard InChI is InChI=1S/C23H24N2O3S/c1-27-20-11-10-17(13-21(20)28-2)19-9-6-12-25(19)22(26)14-18-15-29-23(24-18)16-7-4-3-5-8-16/h3-5,7-8,10-11,13,15,19H,6,9,12,14H2,1-2H3/t19-/m0/s1. The van der Waals surface area contributed by atoms with Gasteiger partial charge in [0.25, 0.3) is 0 Å². The second kappa shape index (κ2) is 8.66. The van der Waals surface area contributed by atoms with Crippen LogP contribution in [0.2, 0.25) is 0 Å². The maximum absolute atomic E-state index is 13.1. The van der Waals surface area contributed by atoms with Gasteiger partial charge in [0.2, 0.25) is 5.91 Å². The SMILES string of the molecule is COc1ccc([C@@H]2CCCN2C(=O)Cc2csc(-c3ccccc3)n2)cc1OC. The lowest BCUT2D eigenvalue weighted by Crippen LogP contribution is -2.31. The van der Waals surface area contributed by atoms with Gasteiger partial charge in [-0.3, -0.25) is 4.79 Å². The van der Waals surface area contributed by atoms with E-state index in [0.29, 0.717) is 17.9 Å². The summed E-state index contributed by atoms with van der Waals surface area (Å²) in [5.74, 6) is 1.51. The molecule has 1 amide bonds. The van der Waals surface area contributed by atoms with Gasteiger partial charge in [0.05, 0.1) is 32.4 Å². The molecule has 0 unspecified atom stereocenters. The molecule has 0 N–H and O–H groups in total. The lowest BCUT2D eigenvalue weighted by atomic mass is 10.0. The van der Waals surface area contributed by atoms with Crippen LogP contribution in [0.5, 0.6) is 11.5 Å². The monoisotopic (exact) mass is 408 g/mol. The number of rotatable bonds is 6. The molecule has 0 saturated carbocycles. The largest absolute Gasteiger partial charge is 0.493 e. The number of methoxy groups -OCH3 is 2. The Morgan fingerprint density at radius 2 is 1.93 bits per heavy atom. The molecule has 3 aromatic rings. The number of carbonyl (C=O) groups excluding carboxylic acids is 1. The first kappa shape index (κ1) is 19.5. The van der Waals surface area contributed by atoms with Crippen molar-refractivity contribution in [2.75, 3.05) is 20.8 Å². The molecule has 1 atom stereocenters. The Bertz CT molecular complexity index is 987. The summed E-state index contributed by atoms with van der Waals surface area (Å²) in [5.41, 5.74) is 2.99. The zero-order chi connectivity index (χ0) is 20.2. The average molecular weight is 409 g/mol. The molecule has 0 bridgehead atoms. The Morgan fingerprint density at radius 1 is 1.14 bits per heavy atom. The second-order valence-corrected chi connectivity index (χ2v) is 7.90. The Hall–Kier alpha value is -2.86. The molecule has 1 fully saturated rings. The van der Waals surface area contributed by atoms with Gasteiger partial charge in [0, 0.05) is 17.5 Å². The molecule has 0 radical (unpaired) electrons. The fourth-order valence-electron chi connectivity index (χ4n) is 3.83. The molecule has 1 aliphatic rings. The van der Waals surface area contributed by atoms with Gasteiger partial charge >= 0.3 is 0 Å². The van der Waals surface area contributed by atoms with Crippen molar-refractivity contribution in [2.24, 2.45) is 0 Å². The van der Waals surface area contributed by atoms with Crippen molar-refractivity contribution < 1.29 is 14.3 Å². The van der Waals surface area contributed by atoms with Gasteiger partial charge < -0.3 is 14.4 Å². The smallest absolute Gasteiger partial charge is 0.229 e. The van der Waals surface area contributed by atoms with E-state index in [2.05, 4.69) is 4.98 Å². The van der Waals surface area contributed by atoms with Crippen molar-refractivity contribution in [2.45, 2.75) is 25.3 Å². The number of hydrogen-bond acceptors (Lipinski definition) is 5. The highest BCUT2D eigenvalue weighted by Gasteiger charge is 2.30. The van der Waals surface area contributed by atoms with Crippen LogP contribution in [0, 0.1) is 0 Å². The van der Waals surface area contributed by atoms with Crippen molar-refractivity contribution in [3.05, 3.63) is 65.2 Å². The first-order valence-corrected chi connectivity index (χ1v) is 10.6. The summed E-state index contributed by atoms with van der Waals surface area (Å²) in [4.78, 5) is 19.7. The fraction of sp³-hybridized carbons (Fsp3) is 0.304. The van der Waals surface area contributed by atoms with Crippen LogP contribution in [0.4, 0.5) is 0 Å². The zero-order valence-corrected chi connectivity index (χ0v) is 17.4. The van der Waals surface area contributed by atoms with Crippen LogP contribution in [0.3, 0.4) is 0 Å². The van der Waals surface area contributed by atoms with Crippen molar-refractivity contribution in [3.63, 3.8) is 0 Å². The highest BCUT2D eigenvalue weighted by molar-refractivity contribution is 7.13. The van der Waals surface area contributed by atoms with E-state index in [1.165, 1.54) is 0 Å². The number of benzene rings is 2. The number of thiazole rings is 1. The summed E-state index contributed by atoms with van der Waals surface area (Å²) < 4.78 is 10.8. The molecule has 1 aromatic heterocycles. The van der Waals surface area contributed by atoms with E-state index in [1.807, 2.05) is 58.8 Å². The van der Waals surface area contributed by atoms with Gasteiger partial charge in [0.1, 0.15) is 5.01 Å².